The molecule has 0 bridgehead atoms. The van der Waals surface area contributed by atoms with Gasteiger partial charge in [0.05, 0.1) is 18.1 Å². The Kier molecular flexibility index (Phi) is 16.3. The number of hydrogen-bond acceptors (Lipinski definition) is 8. The summed E-state index contributed by atoms with van der Waals surface area (Å²) in [6.07, 6.45) is 6.03. The van der Waals surface area contributed by atoms with E-state index in [2.05, 4.69) is 13.8 Å². The molecule has 13 heteroatoms. The molecule has 1 N–H and O–H groups in total. The van der Waals surface area contributed by atoms with Gasteiger partial charge in [-0.2, -0.15) is 0 Å². The van der Waals surface area contributed by atoms with Crippen molar-refractivity contribution in [3.05, 3.63) is 0 Å². The molecule has 1 unspecified atom stereocenters. The second kappa shape index (κ2) is 15.6. The summed E-state index contributed by atoms with van der Waals surface area (Å²) >= 11 is 0. The molecule has 37 heavy (non-hydrogen) atoms. The maximum absolute atomic E-state index is 12.6. The normalized spacial score (nSPS) is 38.7. The maximum Gasteiger partial charge on any atom is 1.00 e. The zero-order chi connectivity index (χ0) is 24.9. The number of nitrogens with one attached hydrogen (secondary N) is 1. The van der Waals surface area contributed by atoms with Gasteiger partial charge in [-0.3, -0.25) is 9.36 Å². The van der Waals surface area contributed by atoms with Crippen LogP contribution in [0.1, 0.15) is 84.5 Å². The molecule has 192 valence electrons. The quantitative estimate of drug-likeness (QED) is 0.207. The Balaban J connectivity index is 0.00000228. The Bertz CT molecular complexity index is 909. The summed E-state index contributed by atoms with van der Waals surface area (Å²) in [5.41, 5.74) is -0.0875. The number of carbonyl (C=O) groups is 3. The average molecular weight is 614 g/mol. The number of ketones is 1. The molecule has 0 aromatic rings. The predicted octanol–water partition coefficient (Wildman–Crippen LogP) is -8.30. The van der Waals surface area contributed by atoms with Crippen LogP contribution in [0.25, 0.3) is 0 Å². The van der Waals surface area contributed by atoms with Crippen LogP contribution in [0.5, 0.6) is 0 Å². The molecule has 4 aliphatic rings. The van der Waals surface area contributed by atoms with Gasteiger partial charge in [0.15, 0.2) is 0 Å². The number of fused-ring (bicyclic) bond motifs is 5. The van der Waals surface area contributed by atoms with E-state index in [1.165, 1.54) is 0 Å². The Morgan fingerprint density at radius 3 is 2.35 bits per heavy atom. The second-order valence-electron chi connectivity index (χ2n) is 11.5. The van der Waals surface area contributed by atoms with Crippen LogP contribution in [-0.2, 0) is 23.5 Å². The van der Waals surface area contributed by atoms with Crippen LogP contribution in [0, 0.1) is 34.5 Å². The predicted molar refractivity (Wildman–Crippen MR) is 115 cm³/mol. The molecule has 9 atom stereocenters. The van der Waals surface area contributed by atoms with Crippen LogP contribution < -0.4 is 174 Å². The fourth-order valence-corrected chi connectivity index (χ4v) is 9.26. The van der Waals surface area contributed by atoms with Crippen molar-refractivity contribution in [1.29, 1.82) is 0 Å². The molecule has 0 aromatic carbocycles. The molecule has 0 spiro atoms. The summed E-state index contributed by atoms with van der Waals surface area (Å²) in [6, 6.07) is -1.68. The molecule has 4 saturated carbocycles. The SMILES string of the molecule is C[C@]12CC[C@H](OP(=O)([O-])N[C@@H](CCC(=O)[O-])C(=O)[O-])C[C@@H]1CC[C@@H]1[C@@H]2CC[C@]2(C)C(=O)CC[C@@H]12.[K+].[K+].[K+]. The number of hydrogen-bond donors (Lipinski definition) is 1. The summed E-state index contributed by atoms with van der Waals surface area (Å²) in [5.74, 6) is -0.909. The van der Waals surface area contributed by atoms with E-state index in [1.54, 1.807) is 0 Å². The van der Waals surface area contributed by atoms with Crippen molar-refractivity contribution in [2.75, 3.05) is 0 Å². The molecule has 0 radical (unpaired) electrons. The van der Waals surface area contributed by atoms with E-state index >= 15 is 0 Å². The van der Waals surface area contributed by atoms with E-state index < -0.39 is 44.7 Å². The second-order valence-corrected chi connectivity index (χ2v) is 12.9. The van der Waals surface area contributed by atoms with Gasteiger partial charge in [0.25, 0.3) is 0 Å². The zero-order valence-corrected chi connectivity index (χ0v) is 33.2. The molecular weight excluding hydrogens is 579 g/mol. The molecule has 4 aliphatic carbocycles. The summed E-state index contributed by atoms with van der Waals surface area (Å²) in [7, 11) is -4.73. The molecule has 0 aromatic heterocycles. The van der Waals surface area contributed by atoms with E-state index in [0.717, 1.165) is 38.5 Å². The van der Waals surface area contributed by atoms with Gasteiger partial charge >= 0.3 is 154 Å². The third-order valence-corrected chi connectivity index (χ3v) is 11.1. The zero-order valence-electron chi connectivity index (χ0n) is 23.0. The van der Waals surface area contributed by atoms with Crippen molar-refractivity contribution in [3.8, 4) is 0 Å². The van der Waals surface area contributed by atoms with Gasteiger partial charge in [0.1, 0.15) is 5.78 Å². The van der Waals surface area contributed by atoms with Crippen LogP contribution in [-0.4, -0.2) is 29.9 Å². The molecule has 0 saturated heterocycles. The molecule has 4 rings (SSSR count). The Labute approximate surface area is 347 Å². The molecule has 0 aliphatic heterocycles. The average Bonchev–Trinajstić information content (AvgIpc) is 3.05. The monoisotopic (exact) mass is 613 g/mol. The van der Waals surface area contributed by atoms with Crippen molar-refractivity contribution in [3.63, 3.8) is 0 Å². The minimum Gasteiger partial charge on any atom is -0.766 e. The first-order valence-electron chi connectivity index (χ1n) is 12.6. The van der Waals surface area contributed by atoms with Gasteiger partial charge in [0.2, 0.25) is 7.75 Å². The minimum atomic E-state index is -4.73. The Morgan fingerprint density at radius 1 is 1.05 bits per heavy atom. The maximum atomic E-state index is 12.6. The van der Waals surface area contributed by atoms with Crippen LogP contribution in [0.15, 0.2) is 0 Å². The van der Waals surface area contributed by atoms with Crippen LogP contribution in [0.3, 0.4) is 0 Å². The van der Waals surface area contributed by atoms with E-state index in [1.807, 2.05) is 5.09 Å². The van der Waals surface area contributed by atoms with Gasteiger partial charge < -0.3 is 29.2 Å². The Hall–Kier alpha value is 3.63. The third-order valence-electron chi connectivity index (χ3n) is 9.85. The van der Waals surface area contributed by atoms with Crippen LogP contribution in [0.2, 0.25) is 0 Å². The van der Waals surface area contributed by atoms with Crippen molar-refractivity contribution >= 4 is 25.5 Å². The van der Waals surface area contributed by atoms with E-state index in [-0.39, 0.29) is 165 Å². The number of carboxylic acids is 2. The molecule has 0 amide bonds. The molecule has 9 nitrogen and oxygen atoms in total. The largest absolute Gasteiger partial charge is 1.00 e. The number of carbonyl (C=O) groups excluding carboxylic acids is 3. The summed E-state index contributed by atoms with van der Waals surface area (Å²) in [6.45, 7) is 4.49. The molecular formula is C24H35K3NO8P. The minimum absolute atomic E-state index is 0. The first-order valence-corrected chi connectivity index (χ1v) is 14.1. The van der Waals surface area contributed by atoms with Crippen molar-refractivity contribution in [2.45, 2.75) is 96.6 Å². The van der Waals surface area contributed by atoms with Gasteiger partial charge in [-0.25, -0.2) is 5.09 Å². The fraction of sp³-hybridized carbons (Fsp3) is 0.875. The molecule has 0 heterocycles. The van der Waals surface area contributed by atoms with E-state index in [0.29, 0.717) is 48.7 Å². The topological polar surface area (TPSA) is 159 Å². The van der Waals surface area contributed by atoms with Crippen molar-refractivity contribution in [2.24, 2.45) is 34.5 Å². The first-order chi connectivity index (χ1) is 15.9. The van der Waals surface area contributed by atoms with Crippen LogP contribution >= 0.6 is 7.75 Å². The Morgan fingerprint density at radius 2 is 1.73 bits per heavy atom. The van der Waals surface area contributed by atoms with Crippen LogP contribution in [0.4, 0.5) is 0 Å². The number of aliphatic carboxylic acids is 2. The van der Waals surface area contributed by atoms with Gasteiger partial charge in [0, 0.05) is 17.8 Å². The smallest absolute Gasteiger partial charge is 0.766 e. The van der Waals surface area contributed by atoms with Gasteiger partial charge in [-0.05, 0) is 93.3 Å². The molecule has 4 fully saturated rings. The summed E-state index contributed by atoms with van der Waals surface area (Å²) in [5, 5.41) is 23.8. The number of carboxylic acid groups (broad SMARTS) is 2. The van der Waals surface area contributed by atoms with Crippen molar-refractivity contribution in [1.82, 2.24) is 5.09 Å². The first kappa shape index (κ1) is 38.7. The standard InChI is InChI=1S/C24H38NO8P.3K/c1-23-11-9-15(33-34(31,32)25-19(22(29)30)6-8-21(27)28)13-14(23)3-4-16-17-5-7-20(26)24(17,2)12-10-18(16)23;;;/h14-19H,3-13H2,1-2H3,(H,27,28)(H,29,30)(H2,25,31,32);;;/q;3*+1/p-3/t14-,15-,16-,17-,18-,19-,23-,24-;;;/m0.../s1. The van der Waals surface area contributed by atoms with Gasteiger partial charge in [-0.1, -0.05) is 13.8 Å². The summed E-state index contributed by atoms with van der Waals surface area (Å²) in [4.78, 5) is 47.0. The number of rotatable bonds is 8. The van der Waals surface area contributed by atoms with E-state index in [9.17, 15) is 34.1 Å². The van der Waals surface area contributed by atoms with E-state index in [4.69, 9.17) is 4.52 Å². The fourth-order valence-electron chi connectivity index (χ4n) is 8.00. The van der Waals surface area contributed by atoms with Gasteiger partial charge in [-0.15, -0.1) is 0 Å². The third kappa shape index (κ3) is 8.63. The van der Waals surface area contributed by atoms with Crippen molar-refractivity contribution < 1.29 is 193 Å². The number of Topliss-reactive ketones (excluding diaryl/α,β-unsaturated/α-hetero) is 1. The summed E-state index contributed by atoms with van der Waals surface area (Å²) < 4.78 is 17.9.